The van der Waals surface area contributed by atoms with Gasteiger partial charge in [-0.2, -0.15) is 15.3 Å². The highest BCUT2D eigenvalue weighted by Gasteiger charge is 2.30. The molecular weight excluding hydrogens is 742 g/mol. The zero-order chi connectivity index (χ0) is 39.6. The Morgan fingerprint density at radius 1 is 0.684 bits per heavy atom. The molecule has 9 heterocycles. The van der Waals surface area contributed by atoms with Crippen molar-refractivity contribution in [3.8, 4) is 22.3 Å². The van der Waals surface area contributed by atoms with E-state index in [1.807, 2.05) is 92.7 Å². The lowest BCUT2D eigenvalue weighted by molar-refractivity contribution is -0.136. The molecule has 0 bridgehead atoms. The summed E-state index contributed by atoms with van der Waals surface area (Å²) in [5.74, 6) is 2.91. The third kappa shape index (κ3) is 8.73. The van der Waals surface area contributed by atoms with Crippen molar-refractivity contribution in [2.75, 3.05) is 31.5 Å². The highest BCUT2D eigenvalue weighted by Crippen LogP contribution is 2.27. The molecule has 0 radical (unpaired) electrons. The summed E-state index contributed by atoms with van der Waals surface area (Å²) < 4.78 is 3.86. The second kappa shape index (κ2) is 16.0. The predicted octanol–water partition coefficient (Wildman–Crippen LogP) is 6.25. The number of carbonyl (C=O) groups excluding carboxylic acids is 2. The van der Waals surface area contributed by atoms with E-state index in [-0.39, 0.29) is 11.8 Å². The number of carbonyl (C=O) groups is 2. The third-order valence-electron chi connectivity index (χ3n) is 10.3. The minimum Gasteiger partial charge on any atom is -0.342 e. The maximum Gasteiger partial charge on any atom is 0.219 e. The van der Waals surface area contributed by atoms with Crippen LogP contribution in [-0.4, -0.2) is 97.5 Å². The number of fused-ring (bicyclic) bond motifs is 2. The quantitative estimate of drug-likeness (QED) is 0.165. The van der Waals surface area contributed by atoms with Gasteiger partial charge in [-0.1, -0.05) is 25.4 Å². The molecule has 2 aliphatic heterocycles. The molecular formula is C41H42ClN13O2. The van der Waals surface area contributed by atoms with Crippen molar-refractivity contribution in [1.29, 1.82) is 0 Å². The molecule has 2 saturated heterocycles. The summed E-state index contributed by atoms with van der Waals surface area (Å²) in [6.07, 6.45) is 13.1. The highest BCUT2D eigenvalue weighted by molar-refractivity contribution is 6.29. The first kappa shape index (κ1) is 37.6. The first-order valence-electron chi connectivity index (χ1n) is 18.9. The van der Waals surface area contributed by atoms with Gasteiger partial charge in [0.15, 0.2) is 5.82 Å². The van der Waals surface area contributed by atoms with E-state index in [1.54, 1.807) is 26.1 Å². The number of amides is 2. The van der Waals surface area contributed by atoms with Gasteiger partial charge >= 0.3 is 0 Å². The van der Waals surface area contributed by atoms with Crippen LogP contribution in [0.4, 0.5) is 11.6 Å². The maximum atomic E-state index is 11.4. The second-order valence-corrected chi connectivity index (χ2v) is 15.4. The maximum absolute atomic E-state index is 11.4. The Hall–Kier alpha value is -6.35. The number of rotatable bonds is 9. The highest BCUT2D eigenvalue weighted by atomic mass is 35.5. The Kier molecular flexibility index (Phi) is 10.6. The Morgan fingerprint density at radius 3 is 1.77 bits per heavy atom. The van der Waals surface area contributed by atoms with Gasteiger partial charge in [-0.15, -0.1) is 5.10 Å². The lowest BCUT2D eigenvalue weighted by atomic mass is 10.0. The number of nitrogens with one attached hydrogen (secondary N) is 1. The molecule has 15 nitrogen and oxygen atoms in total. The van der Waals surface area contributed by atoms with Crippen LogP contribution in [0.1, 0.15) is 39.2 Å². The normalized spacial score (nSPS) is 14.4. The number of nitrogens with zero attached hydrogens (tertiary/aromatic N) is 12. The first-order valence-corrected chi connectivity index (χ1v) is 19.3. The molecule has 2 amide bonds. The Balaban J connectivity index is 0.000000168. The Morgan fingerprint density at radius 2 is 1.23 bits per heavy atom. The van der Waals surface area contributed by atoms with Crippen LogP contribution in [0.2, 0.25) is 5.15 Å². The van der Waals surface area contributed by atoms with Crippen LogP contribution < -0.4 is 5.32 Å². The number of pyridine rings is 4. The summed E-state index contributed by atoms with van der Waals surface area (Å²) >= 11 is 5.95. The van der Waals surface area contributed by atoms with Crippen molar-refractivity contribution in [1.82, 2.24) is 59.5 Å². The average molecular weight is 784 g/mol. The van der Waals surface area contributed by atoms with Crippen LogP contribution in [-0.2, 0) is 22.7 Å². The molecule has 0 saturated carbocycles. The standard InChI is InChI=1S/C24H26N8O.C17H16ClN5O/c1-15(2)18-7-24(30-26-9-18)29-23-5-4-21-22(28-23)6-19(8-25-21)20-10-27-32(14-20)13-17-11-31(12-17)16(3)33;1-11(24)22-7-12(8-22)9-23-10-14(6-20-23)13-4-16-15(19-5-13)2-3-17(18)21-16/h4-10,14-15,17H,11-13H2,1-3H3,(H,28,29,30);2-6,10,12H,7-9H2,1H3. The van der Waals surface area contributed by atoms with Gasteiger partial charge in [-0.25, -0.2) is 9.97 Å². The van der Waals surface area contributed by atoms with Gasteiger partial charge in [0.1, 0.15) is 11.0 Å². The van der Waals surface area contributed by atoms with E-state index < -0.39 is 0 Å². The summed E-state index contributed by atoms with van der Waals surface area (Å²) in [7, 11) is 0. The van der Waals surface area contributed by atoms with Crippen molar-refractivity contribution in [2.45, 2.75) is 46.7 Å². The number of hydrogen-bond acceptors (Lipinski definition) is 11. The SMILES string of the molecule is CC(=O)N1CC(Cn2cc(-c3cnc4ccc(Cl)nc4c3)cn2)C1.CC(=O)N1CC(Cn2cc(-c3cnc4ccc(Nc5cc(C(C)C)cnn5)nc4c3)cn2)C1. The van der Waals surface area contributed by atoms with Crippen LogP contribution >= 0.6 is 11.6 Å². The second-order valence-electron chi connectivity index (χ2n) is 15.0. The Bertz CT molecular complexity index is 2580. The minimum absolute atomic E-state index is 0.135. The summed E-state index contributed by atoms with van der Waals surface area (Å²) in [4.78, 5) is 44.3. The van der Waals surface area contributed by atoms with Crippen molar-refractivity contribution < 1.29 is 9.59 Å². The molecule has 9 rings (SSSR count). The van der Waals surface area contributed by atoms with Gasteiger partial charge in [0.05, 0.1) is 40.7 Å². The third-order valence-corrected chi connectivity index (χ3v) is 10.5. The molecule has 0 aliphatic carbocycles. The molecule has 290 valence electrons. The molecule has 2 fully saturated rings. The molecule has 57 heavy (non-hydrogen) atoms. The topological polar surface area (TPSA) is 166 Å². The van der Waals surface area contributed by atoms with E-state index in [4.69, 9.17) is 16.6 Å². The summed E-state index contributed by atoms with van der Waals surface area (Å²) in [6, 6.07) is 13.4. The monoisotopic (exact) mass is 783 g/mol. The molecule has 0 aromatic carbocycles. The van der Waals surface area contributed by atoms with Gasteiger partial charge in [0.2, 0.25) is 11.8 Å². The number of likely N-dealkylation sites (tertiary alicyclic amines) is 2. The van der Waals surface area contributed by atoms with E-state index in [9.17, 15) is 9.59 Å². The number of hydrogen-bond donors (Lipinski definition) is 1. The lowest BCUT2D eigenvalue weighted by Gasteiger charge is -2.38. The molecule has 7 aromatic rings. The smallest absolute Gasteiger partial charge is 0.219 e. The average Bonchev–Trinajstić information content (AvgIpc) is 3.84. The van der Waals surface area contributed by atoms with E-state index in [0.29, 0.717) is 34.5 Å². The molecule has 0 spiro atoms. The van der Waals surface area contributed by atoms with Crippen LogP contribution in [0.3, 0.4) is 0 Å². The molecule has 0 atom stereocenters. The fraction of sp³-hybridized carbons (Fsp3) is 0.317. The van der Waals surface area contributed by atoms with E-state index in [0.717, 1.165) is 89.2 Å². The summed E-state index contributed by atoms with van der Waals surface area (Å²) in [6.45, 7) is 12.3. The van der Waals surface area contributed by atoms with Gasteiger partial charge in [-0.05, 0) is 53.9 Å². The molecule has 2 aliphatic rings. The minimum atomic E-state index is 0.135. The van der Waals surface area contributed by atoms with Crippen LogP contribution in [0.15, 0.2) is 85.8 Å². The fourth-order valence-electron chi connectivity index (χ4n) is 6.90. The molecule has 16 heteroatoms. The van der Waals surface area contributed by atoms with Crippen molar-refractivity contribution in [3.63, 3.8) is 0 Å². The van der Waals surface area contributed by atoms with Crippen LogP contribution in [0, 0.1) is 11.8 Å². The van der Waals surface area contributed by atoms with E-state index >= 15 is 0 Å². The van der Waals surface area contributed by atoms with Crippen molar-refractivity contribution in [2.24, 2.45) is 11.8 Å². The fourth-order valence-corrected chi connectivity index (χ4v) is 7.06. The van der Waals surface area contributed by atoms with Crippen LogP contribution in [0.25, 0.3) is 44.3 Å². The predicted molar refractivity (Wildman–Crippen MR) is 217 cm³/mol. The van der Waals surface area contributed by atoms with Crippen molar-refractivity contribution >= 4 is 57.1 Å². The largest absolute Gasteiger partial charge is 0.342 e. The van der Waals surface area contributed by atoms with Crippen LogP contribution in [0.5, 0.6) is 0 Å². The number of halogens is 1. The number of anilines is 2. The lowest BCUT2D eigenvalue weighted by Crippen LogP contribution is -2.50. The molecule has 1 N–H and O–H groups in total. The van der Waals surface area contributed by atoms with Gasteiger partial charge in [0.25, 0.3) is 0 Å². The molecule has 0 unspecified atom stereocenters. The van der Waals surface area contributed by atoms with Gasteiger partial charge in [0, 0.05) is 112 Å². The van der Waals surface area contributed by atoms with Crippen molar-refractivity contribution in [3.05, 3.63) is 96.6 Å². The molecule has 7 aromatic heterocycles. The first-order chi connectivity index (χ1) is 27.5. The zero-order valence-electron chi connectivity index (χ0n) is 32.1. The summed E-state index contributed by atoms with van der Waals surface area (Å²) in [5.41, 5.74) is 8.20. The van der Waals surface area contributed by atoms with E-state index in [2.05, 4.69) is 54.5 Å². The summed E-state index contributed by atoms with van der Waals surface area (Å²) in [5, 5.41) is 20.9. The van der Waals surface area contributed by atoms with Gasteiger partial charge in [-0.3, -0.25) is 28.9 Å². The van der Waals surface area contributed by atoms with E-state index in [1.165, 1.54) is 0 Å². The number of aromatic nitrogens is 10. The zero-order valence-corrected chi connectivity index (χ0v) is 32.9. The van der Waals surface area contributed by atoms with Gasteiger partial charge < -0.3 is 15.1 Å². The Labute approximate surface area is 334 Å².